The Hall–Kier alpha value is -2.39. The molecule has 2 aromatic heterocycles. The molecule has 0 saturated heterocycles. The van der Waals surface area contributed by atoms with E-state index in [0.29, 0.717) is 5.02 Å². The average Bonchev–Trinajstić information content (AvgIpc) is 2.56. The number of pyridine rings is 2. The van der Waals surface area contributed by atoms with Crippen LogP contribution in [0.1, 0.15) is 17.2 Å². The highest BCUT2D eigenvalue weighted by Crippen LogP contribution is 2.29. The number of nitrogens with zero attached hydrogens (tertiary/aromatic N) is 2. The highest BCUT2D eigenvalue weighted by molar-refractivity contribution is 6.33. The molecule has 1 aromatic carbocycles. The summed E-state index contributed by atoms with van der Waals surface area (Å²) >= 11 is 6.23. The first-order valence-electron chi connectivity index (χ1n) is 6.65. The van der Waals surface area contributed by atoms with Crippen LogP contribution in [0.25, 0.3) is 0 Å². The van der Waals surface area contributed by atoms with Crippen LogP contribution in [0.2, 0.25) is 5.02 Å². The monoisotopic (exact) mass is 295 g/mol. The Morgan fingerprint density at radius 3 is 2.19 bits per heavy atom. The second kappa shape index (κ2) is 6.37. The second-order valence-corrected chi connectivity index (χ2v) is 5.03. The number of anilines is 1. The van der Waals surface area contributed by atoms with Gasteiger partial charge < -0.3 is 5.32 Å². The summed E-state index contributed by atoms with van der Waals surface area (Å²) in [5, 5.41) is 4.11. The van der Waals surface area contributed by atoms with Gasteiger partial charge in [-0.15, -0.1) is 0 Å². The van der Waals surface area contributed by atoms with Gasteiger partial charge in [0.25, 0.3) is 0 Å². The summed E-state index contributed by atoms with van der Waals surface area (Å²) in [6, 6.07) is 16.0. The van der Waals surface area contributed by atoms with Gasteiger partial charge in [0.1, 0.15) is 0 Å². The second-order valence-electron chi connectivity index (χ2n) is 4.62. The number of hydrogen-bond donors (Lipinski definition) is 1. The SMILES string of the molecule is Clc1ccncc1NC(c1ccccc1)c1ccncc1. The highest BCUT2D eigenvalue weighted by atomic mass is 35.5. The fourth-order valence-corrected chi connectivity index (χ4v) is 2.36. The summed E-state index contributed by atoms with van der Waals surface area (Å²) in [5.41, 5.74) is 3.09. The smallest absolute Gasteiger partial charge is 0.0769 e. The third kappa shape index (κ3) is 3.20. The Labute approximate surface area is 128 Å². The maximum Gasteiger partial charge on any atom is 0.0769 e. The molecule has 0 aliphatic carbocycles. The van der Waals surface area contributed by atoms with E-state index in [9.17, 15) is 0 Å². The van der Waals surface area contributed by atoms with Gasteiger partial charge in [-0.3, -0.25) is 9.97 Å². The maximum absolute atomic E-state index is 6.23. The standard InChI is InChI=1S/C17H14ClN3/c18-15-8-11-20-12-16(15)21-17(13-4-2-1-3-5-13)14-6-9-19-10-7-14/h1-12,17,21H. The number of hydrogen-bond acceptors (Lipinski definition) is 3. The van der Waals surface area contributed by atoms with Gasteiger partial charge in [0.2, 0.25) is 0 Å². The Morgan fingerprint density at radius 2 is 1.48 bits per heavy atom. The molecule has 21 heavy (non-hydrogen) atoms. The molecular formula is C17H14ClN3. The van der Waals surface area contributed by atoms with Crippen LogP contribution < -0.4 is 5.32 Å². The Morgan fingerprint density at radius 1 is 0.810 bits per heavy atom. The van der Waals surface area contributed by atoms with E-state index in [2.05, 4.69) is 27.4 Å². The van der Waals surface area contributed by atoms with Crippen molar-refractivity contribution in [1.29, 1.82) is 0 Å². The first kappa shape index (κ1) is 13.6. The van der Waals surface area contributed by atoms with E-state index in [4.69, 9.17) is 11.6 Å². The molecule has 4 heteroatoms. The molecular weight excluding hydrogens is 282 g/mol. The first-order valence-corrected chi connectivity index (χ1v) is 7.03. The molecule has 1 atom stereocenters. The topological polar surface area (TPSA) is 37.8 Å². The summed E-state index contributed by atoms with van der Waals surface area (Å²) in [5.74, 6) is 0. The minimum Gasteiger partial charge on any atom is -0.372 e. The fourth-order valence-electron chi connectivity index (χ4n) is 2.20. The molecule has 0 aliphatic heterocycles. The predicted molar refractivity (Wildman–Crippen MR) is 85.4 cm³/mol. The molecule has 3 aromatic rings. The van der Waals surface area contributed by atoms with Crippen molar-refractivity contribution in [2.24, 2.45) is 0 Å². The minimum absolute atomic E-state index is 0.00380. The number of halogens is 1. The Bertz CT molecular complexity index is 662. The number of aromatic nitrogens is 2. The van der Waals surface area contributed by atoms with Crippen molar-refractivity contribution in [2.45, 2.75) is 6.04 Å². The van der Waals surface area contributed by atoms with E-state index in [1.54, 1.807) is 30.9 Å². The Kier molecular flexibility index (Phi) is 4.12. The number of nitrogens with one attached hydrogen (secondary N) is 1. The molecule has 2 heterocycles. The van der Waals surface area contributed by atoms with Gasteiger partial charge in [-0.25, -0.2) is 0 Å². The van der Waals surface area contributed by atoms with Crippen molar-refractivity contribution in [3.05, 3.63) is 89.5 Å². The van der Waals surface area contributed by atoms with Crippen molar-refractivity contribution in [1.82, 2.24) is 9.97 Å². The zero-order valence-corrected chi connectivity index (χ0v) is 12.0. The van der Waals surface area contributed by atoms with Crippen molar-refractivity contribution in [3.8, 4) is 0 Å². The molecule has 0 spiro atoms. The molecule has 0 bridgehead atoms. The van der Waals surface area contributed by atoms with E-state index in [1.807, 2.05) is 30.3 Å². The van der Waals surface area contributed by atoms with Gasteiger partial charge in [0.05, 0.1) is 22.9 Å². The van der Waals surface area contributed by atoms with Gasteiger partial charge in [-0.05, 0) is 29.3 Å². The van der Waals surface area contributed by atoms with Gasteiger partial charge >= 0.3 is 0 Å². The van der Waals surface area contributed by atoms with Gasteiger partial charge in [-0.2, -0.15) is 0 Å². The van der Waals surface area contributed by atoms with Crippen LogP contribution in [0.4, 0.5) is 5.69 Å². The van der Waals surface area contributed by atoms with Crippen LogP contribution in [0.5, 0.6) is 0 Å². The Balaban J connectivity index is 1.99. The van der Waals surface area contributed by atoms with Crippen LogP contribution in [-0.4, -0.2) is 9.97 Å². The van der Waals surface area contributed by atoms with Crippen molar-refractivity contribution in [3.63, 3.8) is 0 Å². The van der Waals surface area contributed by atoms with E-state index in [-0.39, 0.29) is 6.04 Å². The third-order valence-corrected chi connectivity index (χ3v) is 3.57. The lowest BCUT2D eigenvalue weighted by molar-refractivity contribution is 0.931. The normalized spacial score (nSPS) is 11.9. The lowest BCUT2D eigenvalue weighted by Crippen LogP contribution is -2.12. The predicted octanol–water partition coefficient (Wildman–Crippen LogP) is 4.33. The fraction of sp³-hybridized carbons (Fsp3) is 0.0588. The zero-order valence-electron chi connectivity index (χ0n) is 11.3. The molecule has 0 amide bonds. The summed E-state index contributed by atoms with van der Waals surface area (Å²) in [7, 11) is 0. The molecule has 1 N–H and O–H groups in total. The first-order chi connectivity index (χ1) is 10.3. The molecule has 3 rings (SSSR count). The van der Waals surface area contributed by atoms with Gasteiger partial charge in [0.15, 0.2) is 0 Å². The lowest BCUT2D eigenvalue weighted by Gasteiger charge is -2.21. The van der Waals surface area contributed by atoms with Crippen LogP contribution in [0.3, 0.4) is 0 Å². The number of benzene rings is 1. The van der Waals surface area contributed by atoms with Gasteiger partial charge in [0, 0.05) is 18.6 Å². The van der Waals surface area contributed by atoms with Crippen molar-refractivity contribution >= 4 is 17.3 Å². The summed E-state index contributed by atoms with van der Waals surface area (Å²) in [6.45, 7) is 0. The van der Waals surface area contributed by atoms with Crippen molar-refractivity contribution in [2.75, 3.05) is 5.32 Å². The average molecular weight is 296 g/mol. The minimum atomic E-state index is -0.00380. The molecule has 104 valence electrons. The molecule has 0 radical (unpaired) electrons. The van der Waals surface area contributed by atoms with E-state index in [1.165, 1.54) is 0 Å². The summed E-state index contributed by atoms with van der Waals surface area (Å²) < 4.78 is 0. The highest BCUT2D eigenvalue weighted by Gasteiger charge is 2.14. The molecule has 1 unspecified atom stereocenters. The molecule has 0 saturated carbocycles. The van der Waals surface area contributed by atoms with Gasteiger partial charge in [-0.1, -0.05) is 41.9 Å². The van der Waals surface area contributed by atoms with Crippen LogP contribution >= 0.6 is 11.6 Å². The van der Waals surface area contributed by atoms with E-state index in [0.717, 1.165) is 16.8 Å². The maximum atomic E-state index is 6.23. The van der Waals surface area contributed by atoms with Crippen LogP contribution in [0.15, 0.2) is 73.3 Å². The van der Waals surface area contributed by atoms with Crippen LogP contribution in [0, 0.1) is 0 Å². The van der Waals surface area contributed by atoms with Crippen molar-refractivity contribution < 1.29 is 0 Å². The molecule has 3 nitrogen and oxygen atoms in total. The molecule has 0 aliphatic rings. The quantitative estimate of drug-likeness (QED) is 0.778. The lowest BCUT2D eigenvalue weighted by atomic mass is 9.99. The summed E-state index contributed by atoms with van der Waals surface area (Å²) in [6.07, 6.45) is 6.99. The largest absolute Gasteiger partial charge is 0.372 e. The third-order valence-electron chi connectivity index (χ3n) is 3.24. The van der Waals surface area contributed by atoms with E-state index >= 15 is 0 Å². The van der Waals surface area contributed by atoms with E-state index < -0.39 is 0 Å². The number of rotatable bonds is 4. The summed E-state index contributed by atoms with van der Waals surface area (Å²) in [4.78, 5) is 8.21. The zero-order chi connectivity index (χ0) is 14.5. The molecule has 0 fully saturated rings. The van der Waals surface area contributed by atoms with Crippen LogP contribution in [-0.2, 0) is 0 Å².